The number of fused-ring (bicyclic) bond motifs is 4. The summed E-state index contributed by atoms with van der Waals surface area (Å²) in [5, 5.41) is 24.6. The number of halogens is 1. The van der Waals surface area contributed by atoms with Gasteiger partial charge in [-0.25, -0.2) is 4.39 Å². The van der Waals surface area contributed by atoms with Gasteiger partial charge in [0.05, 0.1) is 17.4 Å². The van der Waals surface area contributed by atoms with Crippen LogP contribution in [0.5, 0.6) is 5.75 Å². The largest absolute Gasteiger partial charge is 0.504 e. The number of carbonyl (C=O) groups excluding carboxylic acids is 4. The molecule has 4 fully saturated rings. The number of anilines is 3. The molecule has 3 N–H and O–H groups in total. The summed E-state index contributed by atoms with van der Waals surface area (Å²) in [7, 11) is 0. The number of rotatable bonds is 6. The van der Waals surface area contributed by atoms with Crippen LogP contribution in [0.2, 0.25) is 0 Å². The molecule has 14 nitrogen and oxygen atoms in total. The second-order valence-corrected chi connectivity index (χ2v) is 15.9. The van der Waals surface area contributed by atoms with E-state index >= 15 is 0 Å². The summed E-state index contributed by atoms with van der Waals surface area (Å²) < 4.78 is 14.1. The van der Waals surface area contributed by atoms with E-state index in [2.05, 4.69) is 41.6 Å². The average Bonchev–Trinajstić information content (AvgIpc) is 3.53. The minimum absolute atomic E-state index is 0.0466. The molecule has 0 radical (unpaired) electrons. The first-order valence-corrected chi connectivity index (χ1v) is 19.6. The molecule has 15 heteroatoms. The van der Waals surface area contributed by atoms with Gasteiger partial charge < -0.3 is 30.0 Å². The number of amides is 4. The monoisotopic (exact) mass is 751 g/mol. The first kappa shape index (κ1) is 35.4. The fourth-order valence-electron chi connectivity index (χ4n) is 9.49. The van der Waals surface area contributed by atoms with Crippen molar-refractivity contribution in [3.63, 3.8) is 0 Å². The number of phenols is 1. The highest BCUT2D eigenvalue weighted by molar-refractivity contribution is 6.05. The molecule has 6 aliphatic rings. The van der Waals surface area contributed by atoms with Gasteiger partial charge in [-0.3, -0.25) is 29.4 Å². The van der Waals surface area contributed by atoms with E-state index in [9.17, 15) is 28.7 Å². The zero-order valence-corrected chi connectivity index (χ0v) is 30.8. The van der Waals surface area contributed by atoms with Gasteiger partial charge in [-0.1, -0.05) is 12.1 Å². The second-order valence-electron chi connectivity index (χ2n) is 15.9. The molecule has 4 amide bonds. The maximum Gasteiger partial charge on any atom is 0.255 e. The van der Waals surface area contributed by atoms with Crippen molar-refractivity contribution in [2.24, 2.45) is 11.8 Å². The molecule has 1 aliphatic carbocycles. The van der Waals surface area contributed by atoms with Crippen LogP contribution in [0, 0.1) is 17.7 Å². The fourth-order valence-corrected chi connectivity index (χ4v) is 9.49. The molecule has 2 atom stereocenters. The van der Waals surface area contributed by atoms with E-state index in [-0.39, 0.29) is 36.1 Å². The van der Waals surface area contributed by atoms with E-state index in [1.807, 2.05) is 23.1 Å². The number of imide groups is 1. The maximum atomic E-state index is 14.1. The van der Waals surface area contributed by atoms with Crippen LogP contribution in [0.25, 0.3) is 11.3 Å². The first-order valence-electron chi connectivity index (χ1n) is 19.6. The zero-order valence-electron chi connectivity index (χ0n) is 30.8. The van der Waals surface area contributed by atoms with Crippen LogP contribution in [-0.2, 0) is 20.9 Å². The standard InChI is InChI=1S/C40H46FN9O5/c41-31-3-1-2-29(36(31)52)32-19-34-37(45-44-32)42-20-28-23-48(16-17-49(28)34)39(54)25-6-4-24(5-7-25)21-46-12-14-47(15-13-46)27-9-8-26-22-50(40(55)30(26)18-27)33-10-11-35(51)43-38(33)53/h1-3,8-9,18-19,24-25,28,33,52H,4-7,10-17,20-23H2,(H,42,45)(H,43,51,53)/t24-,25-,28-,33?/m0/s1. The third-order valence-corrected chi connectivity index (χ3v) is 12.6. The zero-order chi connectivity index (χ0) is 37.8. The van der Waals surface area contributed by atoms with Crippen molar-refractivity contribution in [1.29, 1.82) is 0 Å². The van der Waals surface area contributed by atoms with E-state index in [0.717, 1.165) is 75.3 Å². The van der Waals surface area contributed by atoms with E-state index in [4.69, 9.17) is 0 Å². The van der Waals surface area contributed by atoms with E-state index in [1.165, 1.54) is 12.1 Å². The van der Waals surface area contributed by atoms with Crippen molar-refractivity contribution in [1.82, 2.24) is 30.2 Å². The lowest BCUT2D eigenvalue weighted by Crippen LogP contribution is -2.59. The van der Waals surface area contributed by atoms with E-state index in [0.29, 0.717) is 67.7 Å². The Bertz CT molecular complexity index is 2030. The minimum atomic E-state index is -0.705. The van der Waals surface area contributed by atoms with Gasteiger partial charge in [0.15, 0.2) is 17.4 Å². The lowest BCUT2D eigenvalue weighted by Gasteiger charge is -2.46. The van der Waals surface area contributed by atoms with Gasteiger partial charge >= 0.3 is 0 Å². The van der Waals surface area contributed by atoms with Crippen molar-refractivity contribution in [3.05, 3.63) is 59.4 Å². The Morgan fingerprint density at radius 3 is 2.51 bits per heavy atom. The molecule has 55 heavy (non-hydrogen) atoms. The Morgan fingerprint density at radius 1 is 0.891 bits per heavy atom. The molecule has 3 aromatic rings. The predicted octanol–water partition coefficient (Wildman–Crippen LogP) is 2.82. The molecule has 0 spiro atoms. The highest BCUT2D eigenvalue weighted by Crippen LogP contribution is 2.38. The topological polar surface area (TPSA) is 155 Å². The van der Waals surface area contributed by atoms with Gasteiger partial charge in [0, 0.05) is 94.6 Å². The number of para-hydroxylation sites is 1. The molecule has 288 valence electrons. The van der Waals surface area contributed by atoms with Gasteiger partial charge in [0.2, 0.25) is 17.7 Å². The Labute approximate surface area is 318 Å². The molecule has 1 unspecified atom stereocenters. The van der Waals surface area contributed by atoms with Crippen LogP contribution in [0.1, 0.15) is 54.4 Å². The van der Waals surface area contributed by atoms with Crippen molar-refractivity contribution in [2.45, 2.75) is 57.2 Å². The van der Waals surface area contributed by atoms with Gasteiger partial charge in [-0.15, -0.1) is 10.2 Å². The van der Waals surface area contributed by atoms with Crippen LogP contribution in [-0.4, -0.2) is 125 Å². The normalized spacial score (nSPS) is 25.6. The van der Waals surface area contributed by atoms with Crippen LogP contribution >= 0.6 is 0 Å². The number of carbonyl (C=O) groups is 4. The molecule has 0 bridgehead atoms. The Balaban J connectivity index is 0.740. The van der Waals surface area contributed by atoms with Gasteiger partial charge in [-0.05, 0) is 73.9 Å². The summed E-state index contributed by atoms with van der Waals surface area (Å²) in [5.74, 6) is -0.460. The molecular weight excluding hydrogens is 705 g/mol. The minimum Gasteiger partial charge on any atom is -0.504 e. The Hall–Kier alpha value is -5.31. The number of nitrogens with zero attached hydrogens (tertiary/aromatic N) is 7. The summed E-state index contributed by atoms with van der Waals surface area (Å²) in [6.45, 7) is 7.57. The highest BCUT2D eigenvalue weighted by atomic mass is 19.1. The number of hydrogen-bond donors (Lipinski definition) is 3. The van der Waals surface area contributed by atoms with Crippen LogP contribution in [0.4, 0.5) is 21.6 Å². The number of hydrogen-bond acceptors (Lipinski definition) is 11. The summed E-state index contributed by atoms with van der Waals surface area (Å²) in [6, 6.07) is 11.7. The average molecular weight is 752 g/mol. The lowest BCUT2D eigenvalue weighted by atomic mass is 9.81. The van der Waals surface area contributed by atoms with Crippen molar-refractivity contribution in [2.75, 3.05) is 74.0 Å². The quantitative estimate of drug-likeness (QED) is 0.319. The number of aromatic nitrogens is 2. The number of benzene rings is 2. The van der Waals surface area contributed by atoms with E-state index in [1.54, 1.807) is 11.0 Å². The third-order valence-electron chi connectivity index (χ3n) is 12.6. The molecule has 9 rings (SSSR count). The van der Waals surface area contributed by atoms with Crippen LogP contribution in [0.15, 0.2) is 42.5 Å². The summed E-state index contributed by atoms with van der Waals surface area (Å²) in [4.78, 5) is 61.9. The number of piperidine rings is 1. The molecule has 2 aromatic carbocycles. The first-order chi connectivity index (χ1) is 26.7. The lowest BCUT2D eigenvalue weighted by molar-refractivity contribution is -0.138. The van der Waals surface area contributed by atoms with Crippen molar-refractivity contribution < 1.29 is 28.7 Å². The summed E-state index contributed by atoms with van der Waals surface area (Å²) >= 11 is 0. The summed E-state index contributed by atoms with van der Waals surface area (Å²) in [6.07, 6.45) is 4.50. The molecule has 5 aliphatic heterocycles. The Morgan fingerprint density at radius 2 is 1.71 bits per heavy atom. The third kappa shape index (κ3) is 6.72. The van der Waals surface area contributed by atoms with Gasteiger partial charge in [0.1, 0.15) is 6.04 Å². The number of piperazine rings is 2. The number of aromatic hydroxyl groups is 1. The van der Waals surface area contributed by atoms with E-state index < -0.39 is 23.5 Å². The molecule has 1 aromatic heterocycles. The van der Waals surface area contributed by atoms with Gasteiger partial charge in [0.25, 0.3) is 5.91 Å². The van der Waals surface area contributed by atoms with Gasteiger partial charge in [-0.2, -0.15) is 0 Å². The predicted molar refractivity (Wildman–Crippen MR) is 202 cm³/mol. The van der Waals surface area contributed by atoms with Crippen LogP contribution in [0.3, 0.4) is 0 Å². The second kappa shape index (κ2) is 14.4. The molecule has 6 heterocycles. The SMILES string of the molecule is O=C1CCC(N2Cc3ccc(N4CCN(C[C@H]5CC[C@H](C(=O)N6CCN7c8cc(-c9cccc(F)c9O)nnc8NC[C@H]7C6)CC5)CC4)cc3C2=O)C(=O)N1. The van der Waals surface area contributed by atoms with Crippen molar-refractivity contribution >= 4 is 40.8 Å². The maximum absolute atomic E-state index is 14.1. The smallest absolute Gasteiger partial charge is 0.255 e. The fraction of sp³-hybridized carbons (Fsp3) is 0.500. The number of phenolic OH excluding ortho intramolecular Hbond substituents is 1. The highest BCUT2D eigenvalue weighted by Gasteiger charge is 2.40. The molecular formula is C40H46FN9O5. The summed E-state index contributed by atoms with van der Waals surface area (Å²) in [5.41, 5.74) is 4.12. The Kier molecular flexibility index (Phi) is 9.27. The van der Waals surface area contributed by atoms with Crippen LogP contribution < -0.4 is 20.4 Å². The van der Waals surface area contributed by atoms with Crippen molar-refractivity contribution in [3.8, 4) is 17.0 Å². The number of nitrogens with one attached hydrogen (secondary N) is 2. The molecule has 3 saturated heterocycles. The molecule has 1 saturated carbocycles.